The lowest BCUT2D eigenvalue weighted by atomic mass is 10.1. The largest absolute Gasteiger partial charge is 0.326 e. The molecule has 0 saturated carbocycles. The Bertz CT molecular complexity index is 1030. The van der Waals surface area contributed by atoms with Crippen LogP contribution in [0.3, 0.4) is 0 Å². The minimum Gasteiger partial charge on any atom is -0.326 e. The lowest BCUT2D eigenvalue weighted by molar-refractivity contribution is -0.116. The number of hydrogen-bond donors (Lipinski definition) is 2. The van der Waals surface area contributed by atoms with Gasteiger partial charge in [0.2, 0.25) is 5.91 Å². The maximum atomic E-state index is 12.5. The zero-order valence-electron chi connectivity index (χ0n) is 15.5. The summed E-state index contributed by atoms with van der Waals surface area (Å²) >= 11 is 1.69. The van der Waals surface area contributed by atoms with Crippen LogP contribution in [0.1, 0.15) is 23.3 Å². The van der Waals surface area contributed by atoms with Crippen LogP contribution in [-0.2, 0) is 21.2 Å². The van der Waals surface area contributed by atoms with Crippen molar-refractivity contribution in [1.82, 2.24) is 0 Å². The van der Waals surface area contributed by atoms with E-state index in [0.717, 1.165) is 18.4 Å². The number of nitrogens with one attached hydrogen (secondary N) is 2. The van der Waals surface area contributed by atoms with Gasteiger partial charge in [-0.05, 0) is 61.0 Å². The molecule has 0 aliphatic carbocycles. The summed E-state index contributed by atoms with van der Waals surface area (Å²) in [5, 5.41) is 4.87. The highest BCUT2D eigenvalue weighted by atomic mass is 32.2. The van der Waals surface area contributed by atoms with Gasteiger partial charge in [0, 0.05) is 17.0 Å². The van der Waals surface area contributed by atoms with Gasteiger partial charge in [-0.1, -0.05) is 30.3 Å². The number of benzene rings is 2. The molecular formula is C21H22N2O3S2. The summed E-state index contributed by atoms with van der Waals surface area (Å²) in [5.41, 5.74) is 1.79. The molecule has 0 aliphatic heterocycles. The van der Waals surface area contributed by atoms with Gasteiger partial charge in [0.15, 0.2) is 0 Å². The van der Waals surface area contributed by atoms with Crippen molar-refractivity contribution in [1.29, 1.82) is 0 Å². The van der Waals surface area contributed by atoms with Crippen molar-refractivity contribution >= 4 is 38.6 Å². The van der Waals surface area contributed by atoms with Crippen molar-refractivity contribution in [2.75, 3.05) is 10.0 Å². The van der Waals surface area contributed by atoms with E-state index in [-0.39, 0.29) is 10.8 Å². The Labute approximate surface area is 169 Å². The van der Waals surface area contributed by atoms with Crippen LogP contribution in [0, 0.1) is 6.92 Å². The number of thiophene rings is 1. The first-order chi connectivity index (χ1) is 13.4. The first kappa shape index (κ1) is 20.1. The second-order valence-electron chi connectivity index (χ2n) is 6.43. The van der Waals surface area contributed by atoms with Crippen molar-refractivity contribution < 1.29 is 13.2 Å². The number of rotatable bonds is 8. The van der Waals surface area contributed by atoms with Gasteiger partial charge in [0.25, 0.3) is 10.0 Å². The van der Waals surface area contributed by atoms with E-state index in [2.05, 4.69) is 16.1 Å². The normalized spacial score (nSPS) is 11.2. The molecule has 0 bridgehead atoms. The molecule has 5 nitrogen and oxygen atoms in total. The van der Waals surface area contributed by atoms with Crippen molar-refractivity contribution in [2.45, 2.75) is 31.1 Å². The second-order valence-corrected chi connectivity index (χ2v) is 9.14. The molecule has 0 atom stereocenters. The summed E-state index contributed by atoms with van der Waals surface area (Å²) in [6.07, 6.45) is 2.06. The van der Waals surface area contributed by atoms with Crippen molar-refractivity contribution in [3.63, 3.8) is 0 Å². The average Bonchev–Trinajstić information content (AvgIpc) is 3.18. The van der Waals surface area contributed by atoms with E-state index < -0.39 is 10.0 Å². The summed E-state index contributed by atoms with van der Waals surface area (Å²) in [6.45, 7) is 1.81. The molecule has 28 heavy (non-hydrogen) atoms. The monoisotopic (exact) mass is 414 g/mol. The zero-order chi connectivity index (χ0) is 20.0. The Morgan fingerprint density at radius 2 is 1.82 bits per heavy atom. The Balaban J connectivity index is 1.63. The van der Waals surface area contributed by atoms with Gasteiger partial charge in [-0.25, -0.2) is 8.42 Å². The molecule has 3 rings (SSSR count). The molecule has 1 aromatic heterocycles. The van der Waals surface area contributed by atoms with Crippen LogP contribution >= 0.6 is 11.3 Å². The number of carbonyl (C=O) groups excluding carboxylic acids is 1. The molecule has 146 valence electrons. The molecule has 0 aliphatic rings. The lowest BCUT2D eigenvalue weighted by Crippen LogP contribution is -2.15. The highest BCUT2D eigenvalue weighted by Gasteiger charge is 2.15. The Morgan fingerprint density at radius 1 is 1.04 bits per heavy atom. The molecule has 0 spiro atoms. The van der Waals surface area contributed by atoms with E-state index in [0.29, 0.717) is 17.8 Å². The molecule has 1 heterocycles. The minimum atomic E-state index is -3.68. The van der Waals surface area contributed by atoms with Gasteiger partial charge >= 0.3 is 0 Å². The third kappa shape index (κ3) is 5.43. The van der Waals surface area contributed by atoms with Crippen LogP contribution < -0.4 is 10.0 Å². The van der Waals surface area contributed by atoms with E-state index in [1.54, 1.807) is 47.7 Å². The summed E-state index contributed by atoms with van der Waals surface area (Å²) in [4.78, 5) is 13.7. The SMILES string of the molecule is Cc1ccc(NC(=O)CCCc2cccs2)cc1NS(=O)(=O)c1ccccc1. The van der Waals surface area contributed by atoms with E-state index in [1.165, 1.54) is 17.0 Å². The van der Waals surface area contributed by atoms with Crippen LogP contribution in [0.5, 0.6) is 0 Å². The molecule has 3 aromatic rings. The molecule has 2 aromatic carbocycles. The maximum absolute atomic E-state index is 12.5. The van der Waals surface area contributed by atoms with Crippen LogP contribution in [0.15, 0.2) is 70.9 Å². The number of sulfonamides is 1. The topological polar surface area (TPSA) is 75.3 Å². The van der Waals surface area contributed by atoms with Crippen LogP contribution in [0.2, 0.25) is 0 Å². The minimum absolute atomic E-state index is 0.0859. The van der Waals surface area contributed by atoms with Gasteiger partial charge in [-0.15, -0.1) is 11.3 Å². The van der Waals surface area contributed by atoms with Gasteiger partial charge in [0.05, 0.1) is 10.6 Å². The summed E-state index contributed by atoms with van der Waals surface area (Å²) in [6, 6.07) is 17.5. The van der Waals surface area contributed by atoms with Gasteiger partial charge in [-0.2, -0.15) is 0 Å². The highest BCUT2D eigenvalue weighted by molar-refractivity contribution is 7.92. The number of amides is 1. The first-order valence-electron chi connectivity index (χ1n) is 8.95. The predicted molar refractivity (Wildman–Crippen MR) is 114 cm³/mol. The number of hydrogen-bond acceptors (Lipinski definition) is 4. The van der Waals surface area contributed by atoms with Gasteiger partial charge < -0.3 is 5.32 Å². The molecule has 0 radical (unpaired) electrons. The zero-order valence-corrected chi connectivity index (χ0v) is 17.1. The summed E-state index contributed by atoms with van der Waals surface area (Å²) in [5.74, 6) is -0.0859. The predicted octanol–water partition coefficient (Wildman–Crippen LogP) is 4.82. The Hall–Kier alpha value is -2.64. The molecule has 0 unspecified atom stereocenters. The fourth-order valence-corrected chi connectivity index (χ4v) is 4.61. The standard InChI is InChI=1S/C21H22N2O3S2/c1-16-12-13-17(22-21(24)11-5-7-18-8-6-14-27-18)15-20(16)23-28(25,26)19-9-3-2-4-10-19/h2-4,6,8-10,12-15,23H,5,7,11H2,1H3,(H,22,24). The first-order valence-corrected chi connectivity index (χ1v) is 11.3. The Kier molecular flexibility index (Phi) is 6.49. The third-order valence-corrected chi connectivity index (χ3v) is 6.54. The van der Waals surface area contributed by atoms with Crippen LogP contribution in [0.25, 0.3) is 0 Å². The number of carbonyl (C=O) groups is 1. The molecule has 7 heteroatoms. The number of aryl methyl sites for hydroxylation is 2. The van der Waals surface area contributed by atoms with Crippen molar-refractivity contribution in [3.05, 3.63) is 76.5 Å². The van der Waals surface area contributed by atoms with E-state index in [1.807, 2.05) is 18.4 Å². The summed E-state index contributed by atoms with van der Waals surface area (Å²) in [7, 11) is -3.68. The fraction of sp³-hybridized carbons (Fsp3) is 0.190. The van der Waals surface area contributed by atoms with Crippen LogP contribution in [0.4, 0.5) is 11.4 Å². The maximum Gasteiger partial charge on any atom is 0.261 e. The molecule has 2 N–H and O–H groups in total. The van der Waals surface area contributed by atoms with Gasteiger partial charge in [-0.3, -0.25) is 9.52 Å². The molecule has 0 saturated heterocycles. The van der Waals surface area contributed by atoms with E-state index in [4.69, 9.17) is 0 Å². The summed E-state index contributed by atoms with van der Waals surface area (Å²) < 4.78 is 27.7. The highest BCUT2D eigenvalue weighted by Crippen LogP contribution is 2.24. The fourth-order valence-electron chi connectivity index (χ4n) is 2.71. The van der Waals surface area contributed by atoms with E-state index in [9.17, 15) is 13.2 Å². The quantitative estimate of drug-likeness (QED) is 0.555. The van der Waals surface area contributed by atoms with E-state index >= 15 is 0 Å². The van der Waals surface area contributed by atoms with Crippen molar-refractivity contribution in [2.24, 2.45) is 0 Å². The smallest absolute Gasteiger partial charge is 0.261 e. The van der Waals surface area contributed by atoms with Gasteiger partial charge in [0.1, 0.15) is 0 Å². The third-order valence-electron chi connectivity index (χ3n) is 4.23. The molecule has 1 amide bonds. The lowest BCUT2D eigenvalue weighted by Gasteiger charge is -2.13. The molecule has 0 fully saturated rings. The number of anilines is 2. The second kappa shape index (κ2) is 9.03. The molecular weight excluding hydrogens is 392 g/mol. The average molecular weight is 415 g/mol. The van der Waals surface area contributed by atoms with Crippen molar-refractivity contribution in [3.8, 4) is 0 Å². The Morgan fingerprint density at radius 3 is 2.54 bits per heavy atom. The van der Waals surface area contributed by atoms with Crippen LogP contribution in [-0.4, -0.2) is 14.3 Å².